The number of hydrogen-bond acceptors (Lipinski definition) is 15. The number of carbonyl (C=O) groups is 6. The fourth-order valence-electron chi connectivity index (χ4n) is 14.8. The van der Waals surface area contributed by atoms with Crippen LogP contribution in [0.5, 0.6) is 0 Å². The van der Waals surface area contributed by atoms with Crippen molar-refractivity contribution in [1.82, 2.24) is 60.4 Å². The van der Waals surface area contributed by atoms with E-state index in [1.165, 1.54) is 41.5 Å². The predicted octanol–water partition coefficient (Wildman–Crippen LogP) is 12.2. The Morgan fingerprint density at radius 1 is 0.389 bits per heavy atom. The quantitative estimate of drug-likeness (QED) is 0.0360. The molecule has 0 bridgehead atoms. The van der Waals surface area contributed by atoms with Crippen molar-refractivity contribution in [3.05, 3.63) is 314 Å². The Bertz CT molecular complexity index is 5470. The zero-order valence-corrected chi connectivity index (χ0v) is 62.7. The third-order valence-corrected chi connectivity index (χ3v) is 21.7. The van der Waals surface area contributed by atoms with E-state index in [9.17, 15) is 33.2 Å². The Morgan fingerprint density at radius 2 is 0.690 bits per heavy atom. The normalized spacial score (nSPS) is 14.0. The first kappa shape index (κ1) is 76.7. The third-order valence-electron chi connectivity index (χ3n) is 20.7. The van der Waals surface area contributed by atoms with Gasteiger partial charge in [-0.2, -0.15) is 20.4 Å². The minimum atomic E-state index is -0.966. The van der Waals surface area contributed by atoms with Crippen LogP contribution in [0.15, 0.2) is 236 Å². The zero-order chi connectivity index (χ0) is 78.7. The molecule has 5 amide bonds. The maximum absolute atomic E-state index is 13.2. The zero-order valence-electron chi connectivity index (χ0n) is 61.9. The number of carboxylic acids is 1. The van der Waals surface area contributed by atoms with Crippen LogP contribution in [0, 0.1) is 5.82 Å². The number of H-pyrrole nitrogens is 4. The number of nitrogens with two attached hydrogens (primary N) is 4. The number of hydrogen-bond donors (Lipinski definition) is 10. The van der Waals surface area contributed by atoms with Gasteiger partial charge in [0.1, 0.15) is 5.82 Å². The van der Waals surface area contributed by atoms with E-state index in [1.807, 2.05) is 161 Å². The first-order valence-corrected chi connectivity index (χ1v) is 38.0. The van der Waals surface area contributed by atoms with Crippen LogP contribution in [0.3, 0.4) is 0 Å². The van der Waals surface area contributed by atoms with Crippen molar-refractivity contribution in [2.75, 3.05) is 31.5 Å². The number of nitrogens with one attached hydrogen (secondary N) is 5. The molecule has 0 aliphatic carbocycles. The van der Waals surface area contributed by atoms with E-state index in [0.717, 1.165) is 117 Å². The van der Waals surface area contributed by atoms with Crippen molar-refractivity contribution in [2.24, 2.45) is 22.9 Å². The van der Waals surface area contributed by atoms with E-state index in [1.54, 1.807) is 46.2 Å². The summed E-state index contributed by atoms with van der Waals surface area (Å²) >= 11 is 1.54. The average molecular weight is 1530 g/mol. The molecule has 0 fully saturated rings. The summed E-state index contributed by atoms with van der Waals surface area (Å²) in [6, 6.07) is 71.9. The van der Waals surface area contributed by atoms with E-state index < -0.39 is 5.97 Å². The van der Waals surface area contributed by atoms with Crippen LogP contribution < -0.4 is 28.3 Å². The number of nitrogens with zero attached hydrogens (tertiary/aromatic N) is 8. The van der Waals surface area contributed by atoms with Crippen molar-refractivity contribution in [2.45, 2.75) is 83.0 Å². The molecule has 4 atom stereocenters. The molecule has 24 nitrogen and oxygen atoms in total. The minimum absolute atomic E-state index is 0.00774. The molecule has 4 unspecified atom stereocenters. The lowest BCUT2D eigenvalue weighted by molar-refractivity contribution is -0.134. The van der Waals surface area contributed by atoms with Gasteiger partial charge in [0.2, 0.25) is 29.5 Å². The van der Waals surface area contributed by atoms with Gasteiger partial charge in [-0.1, -0.05) is 176 Å². The molecular weight excluding hydrogens is 1450 g/mol. The number of aromatic nitrogens is 8. The van der Waals surface area contributed by atoms with Crippen LogP contribution in [-0.4, -0.2) is 127 Å². The highest BCUT2D eigenvalue weighted by Gasteiger charge is 2.37. The SMILES string of the molecule is CC(=O)Nc1ccc(-c2n[nH]c3c2CN(C(=O)C(CN)c2ccccc2)C3)cc1.NCC(C(=O)N1Cc2[nH]nc(-c3ccc(-c4ccccc4)cc3)c2C1)c1ccccc1.NCC(C(=O)N1Cc2[nH]nc(-c3ccc(C(=O)O)cc3)c2C1)c1cccs1.NCC(C(=O)N1Cc2[nH]nc(-c3ccc(F)cc3)c2C1)c1ccccc1. The number of halogens is 1. The second kappa shape index (κ2) is 34.9. The molecule has 13 aromatic rings. The second-order valence-corrected chi connectivity index (χ2v) is 28.9. The van der Waals surface area contributed by atoms with Crippen molar-refractivity contribution in [3.8, 4) is 56.2 Å². The van der Waals surface area contributed by atoms with Gasteiger partial charge in [0.15, 0.2) is 0 Å². The van der Waals surface area contributed by atoms with E-state index in [0.29, 0.717) is 58.9 Å². The first-order chi connectivity index (χ1) is 55.1. The number of aromatic carboxylic acids is 1. The Kier molecular flexibility index (Phi) is 23.6. The number of amides is 5. The summed E-state index contributed by atoms with van der Waals surface area (Å²) in [4.78, 5) is 82.7. The number of anilines is 1. The molecule has 0 saturated carbocycles. The number of aromatic amines is 4. The fourth-order valence-corrected chi connectivity index (χ4v) is 15.6. The van der Waals surface area contributed by atoms with Crippen molar-refractivity contribution in [1.29, 1.82) is 0 Å². The number of carbonyl (C=O) groups excluding carboxylic acids is 5. The summed E-state index contributed by atoms with van der Waals surface area (Å²) in [7, 11) is 0. The molecule has 14 N–H and O–H groups in total. The Hall–Kier alpha value is -13.1. The summed E-state index contributed by atoms with van der Waals surface area (Å²) in [5.41, 5.74) is 44.5. The molecule has 17 rings (SSSR count). The molecule has 0 saturated heterocycles. The van der Waals surface area contributed by atoms with Crippen molar-refractivity contribution in [3.63, 3.8) is 0 Å². The predicted molar refractivity (Wildman–Crippen MR) is 431 cm³/mol. The van der Waals surface area contributed by atoms with Gasteiger partial charge < -0.3 is 53.0 Å². The number of rotatable bonds is 19. The maximum atomic E-state index is 13.2. The number of carboxylic acid groups (broad SMARTS) is 1. The van der Waals surface area contributed by atoms with Gasteiger partial charge in [0, 0.05) is 88.2 Å². The smallest absolute Gasteiger partial charge is 0.335 e. The summed E-state index contributed by atoms with van der Waals surface area (Å²) in [6.07, 6.45) is 0. The van der Waals surface area contributed by atoms with E-state index in [4.69, 9.17) is 28.0 Å². The van der Waals surface area contributed by atoms with Crippen molar-refractivity contribution < 1.29 is 38.3 Å². The Morgan fingerprint density at radius 3 is 1.01 bits per heavy atom. The minimum Gasteiger partial charge on any atom is -0.478 e. The molecule has 9 heterocycles. The van der Waals surface area contributed by atoms with Gasteiger partial charge in [-0.25, -0.2) is 9.18 Å². The lowest BCUT2D eigenvalue weighted by Gasteiger charge is -2.22. The number of fused-ring (bicyclic) bond motifs is 4. The van der Waals surface area contributed by atoms with Crippen LogP contribution in [0.1, 0.15) is 108 Å². The van der Waals surface area contributed by atoms with Gasteiger partial charge in [-0.05, 0) is 87.8 Å². The fraction of sp³-hybridized carbons (Fsp3) is 0.195. The van der Waals surface area contributed by atoms with Gasteiger partial charge >= 0.3 is 5.97 Å². The molecule has 0 spiro atoms. The molecule has 572 valence electrons. The number of thiophene rings is 1. The van der Waals surface area contributed by atoms with E-state index >= 15 is 0 Å². The van der Waals surface area contributed by atoms with Crippen LogP contribution in [-0.2, 0) is 76.3 Å². The molecular formula is C87H84FN17O7S. The molecule has 0 radical (unpaired) electrons. The summed E-state index contributed by atoms with van der Waals surface area (Å²) < 4.78 is 13.2. The van der Waals surface area contributed by atoms with Crippen LogP contribution in [0.4, 0.5) is 10.1 Å². The third kappa shape index (κ3) is 17.0. The number of benzene rings is 8. The summed E-state index contributed by atoms with van der Waals surface area (Å²) in [5.74, 6) is -2.63. The van der Waals surface area contributed by atoms with Crippen LogP contribution in [0.2, 0.25) is 0 Å². The monoisotopic (exact) mass is 1530 g/mol. The maximum Gasteiger partial charge on any atom is 0.335 e. The van der Waals surface area contributed by atoms with E-state index in [-0.39, 0.29) is 84.2 Å². The van der Waals surface area contributed by atoms with Gasteiger partial charge in [0.05, 0.1) is 127 Å². The average Bonchev–Trinajstić information content (AvgIpc) is 1.65. The first-order valence-electron chi connectivity index (χ1n) is 37.1. The van der Waals surface area contributed by atoms with Crippen LogP contribution >= 0.6 is 11.3 Å². The highest BCUT2D eigenvalue weighted by molar-refractivity contribution is 7.10. The van der Waals surface area contributed by atoms with Gasteiger partial charge in [-0.3, -0.25) is 44.4 Å². The molecule has 26 heteroatoms. The Labute approximate surface area is 655 Å². The van der Waals surface area contributed by atoms with Crippen molar-refractivity contribution >= 4 is 52.5 Å². The largest absolute Gasteiger partial charge is 0.478 e. The van der Waals surface area contributed by atoms with Crippen LogP contribution in [0.25, 0.3) is 56.2 Å². The second-order valence-electron chi connectivity index (χ2n) is 27.9. The summed E-state index contributed by atoms with van der Waals surface area (Å²) in [6.45, 7) is 6.52. The molecule has 4 aliphatic rings. The molecule has 5 aromatic heterocycles. The lowest BCUT2D eigenvalue weighted by Crippen LogP contribution is -2.34. The molecule has 4 aliphatic heterocycles. The van der Waals surface area contributed by atoms with Gasteiger partial charge in [-0.15, -0.1) is 11.3 Å². The van der Waals surface area contributed by atoms with Gasteiger partial charge in [0.25, 0.3) is 0 Å². The Balaban J connectivity index is 0.000000125. The summed E-state index contributed by atoms with van der Waals surface area (Å²) in [5, 5.41) is 43.6. The van der Waals surface area contributed by atoms with E-state index in [2.05, 4.69) is 82.5 Å². The standard InChI is InChI=1S/C26H24N4O.C22H23N5O2.C20H19FN4O.C19H18N4O3S/c27-15-22(20-9-5-2-6-10-20)26(31)30-16-23-24(17-30)28-29-25(23)21-13-11-19(12-14-21)18-7-3-1-4-8-18;1-14(28)24-17-9-7-16(8-10-17)21-19-12-27(13-20(19)25-26-21)22(29)18(11-23)15-5-3-2-4-6-15;21-15-8-6-14(7-9-15)19-17-11-25(12-18(17)23-24-19)20(26)16(10-22)13-4-2-1-3-5-13;20-8-13(16-2-1-7-27-16)18(24)23-9-14-15(10-23)21-22-17(14)11-3-5-12(6-4-11)19(25)26/h1-14,22H,15-17,27H2,(H,28,29);2-10,18H,11-13,23H2,1H3,(H,24,28)(H,25,26);1-9,16H,10-12,22H2,(H,23,24);1-7,13H,8-10,20H2,(H,21,22)(H,25,26). The molecule has 8 aromatic carbocycles. The highest BCUT2D eigenvalue weighted by atomic mass is 32.1. The lowest BCUT2D eigenvalue weighted by atomic mass is 9.98. The highest BCUT2D eigenvalue weighted by Crippen LogP contribution is 2.39. The topological polar surface area (TPSA) is 366 Å². The molecule has 113 heavy (non-hydrogen) atoms.